The molecule has 220 valence electrons. The van der Waals surface area contributed by atoms with Crippen molar-refractivity contribution in [2.45, 2.75) is 69.7 Å². The number of carbonyl (C=O) groups is 1. The van der Waals surface area contributed by atoms with Gasteiger partial charge in [0.1, 0.15) is 17.4 Å². The van der Waals surface area contributed by atoms with Gasteiger partial charge in [-0.2, -0.15) is 0 Å². The van der Waals surface area contributed by atoms with Crippen molar-refractivity contribution in [3.63, 3.8) is 0 Å². The number of rotatable bonds is 8. The van der Waals surface area contributed by atoms with Crippen LogP contribution in [0.15, 0.2) is 113 Å². The Kier molecular flexibility index (Phi) is 7.98. The molecule has 2 aromatic carbocycles. The van der Waals surface area contributed by atoms with Crippen LogP contribution in [-0.2, 0) is 21.4 Å². The van der Waals surface area contributed by atoms with Crippen molar-refractivity contribution in [2.75, 3.05) is 6.61 Å². The second-order valence-electron chi connectivity index (χ2n) is 12.3. The lowest BCUT2D eigenvalue weighted by molar-refractivity contribution is 0.0377. The molecule has 43 heavy (non-hydrogen) atoms. The number of hydrogen-bond donors (Lipinski definition) is 1. The molecule has 0 spiro atoms. The van der Waals surface area contributed by atoms with Gasteiger partial charge in [0.15, 0.2) is 0 Å². The van der Waals surface area contributed by atoms with Crippen LogP contribution >= 0.6 is 0 Å². The number of nitrogens with one attached hydrogen (secondary N) is 1. The van der Waals surface area contributed by atoms with E-state index in [0.717, 1.165) is 59.6 Å². The molecule has 1 N–H and O–H groups in total. The minimum atomic E-state index is -0.545. The van der Waals surface area contributed by atoms with Gasteiger partial charge < -0.3 is 14.8 Å². The second kappa shape index (κ2) is 12.0. The maximum Gasteiger partial charge on any atom is 0.408 e. The van der Waals surface area contributed by atoms with E-state index in [1.807, 2.05) is 63.3 Å². The van der Waals surface area contributed by atoms with Gasteiger partial charge in [-0.25, -0.2) is 4.79 Å². The van der Waals surface area contributed by atoms with Gasteiger partial charge in [-0.15, -0.1) is 0 Å². The van der Waals surface area contributed by atoms with Crippen molar-refractivity contribution >= 4 is 17.5 Å². The summed E-state index contributed by atoms with van der Waals surface area (Å²) in [5, 5.41) is 3.16. The second-order valence-corrected chi connectivity index (χ2v) is 12.3. The summed E-state index contributed by atoms with van der Waals surface area (Å²) >= 11 is 0. The van der Waals surface area contributed by atoms with Gasteiger partial charge >= 0.3 is 6.09 Å². The van der Waals surface area contributed by atoms with Gasteiger partial charge in [-0.05, 0) is 69.4 Å². The number of aromatic nitrogens is 1. The first-order valence-electron chi connectivity index (χ1n) is 15.0. The van der Waals surface area contributed by atoms with Crippen LogP contribution in [0.4, 0.5) is 4.79 Å². The number of hydrogen-bond acceptors (Lipinski definition) is 6. The lowest BCUT2D eigenvalue weighted by Gasteiger charge is -2.43. The number of alkyl carbamates (subject to hydrolysis) is 1. The predicted octanol–water partition coefficient (Wildman–Crippen LogP) is 6.73. The van der Waals surface area contributed by atoms with Crippen molar-refractivity contribution in [2.24, 2.45) is 9.98 Å². The smallest absolute Gasteiger partial charge is 0.408 e. The van der Waals surface area contributed by atoms with Crippen LogP contribution in [0.2, 0.25) is 0 Å². The number of benzene rings is 2. The topological polar surface area (TPSA) is 85.2 Å². The number of nitrogens with zero attached hydrogens (tertiary/aromatic N) is 3. The molecule has 7 nitrogen and oxygen atoms in total. The zero-order chi connectivity index (χ0) is 29.9. The van der Waals surface area contributed by atoms with Crippen LogP contribution in [-0.4, -0.2) is 46.8 Å². The number of fused-ring (bicyclic) bond motifs is 1. The Morgan fingerprint density at radius 1 is 0.930 bits per heavy atom. The third-order valence-electron chi connectivity index (χ3n) is 8.07. The van der Waals surface area contributed by atoms with E-state index in [9.17, 15) is 4.79 Å². The highest BCUT2D eigenvalue weighted by Crippen LogP contribution is 2.41. The van der Waals surface area contributed by atoms with Crippen molar-refractivity contribution in [1.82, 2.24) is 10.3 Å². The van der Waals surface area contributed by atoms with Crippen LogP contribution in [0, 0.1) is 0 Å². The van der Waals surface area contributed by atoms with Gasteiger partial charge in [0.25, 0.3) is 0 Å². The molecule has 1 aromatic heterocycles. The molecule has 1 fully saturated rings. The number of pyridine rings is 1. The standard InChI is InChI=1S/C36H38N4O3/c1-35(2,3)43-34(41)40-36(20-8-21-36)28-15-13-27(14-16-28)31-32(26-9-5-4-6-10-26)39-33-29(38-31)11-7-12-30(33)42-24-19-25-17-22-37-23-18-25/h4-7,9-18,22-23,29,33H,8,19-21,24H2,1-3H3,(H,40,41). The molecule has 2 aliphatic carbocycles. The SMILES string of the molecule is CC(C)(C)OC(=O)NC1(c2ccc(C3=NC4C=CC=C(OCCc5ccncc5)C4N=C3c3ccccc3)cc2)CCC1. The van der Waals surface area contributed by atoms with Gasteiger partial charge in [0.05, 0.1) is 29.6 Å². The fourth-order valence-electron chi connectivity index (χ4n) is 5.75. The van der Waals surface area contributed by atoms with Crippen LogP contribution in [0.3, 0.4) is 0 Å². The molecular weight excluding hydrogens is 536 g/mol. The summed E-state index contributed by atoms with van der Waals surface area (Å²) in [7, 11) is 0. The largest absolute Gasteiger partial charge is 0.495 e. The van der Waals surface area contributed by atoms with Crippen LogP contribution < -0.4 is 5.32 Å². The van der Waals surface area contributed by atoms with Gasteiger partial charge in [0, 0.05) is 29.9 Å². The summed E-state index contributed by atoms with van der Waals surface area (Å²) in [4.78, 5) is 27.3. The molecule has 1 aliphatic heterocycles. The van der Waals surface area contributed by atoms with Gasteiger partial charge in [0.2, 0.25) is 0 Å². The Morgan fingerprint density at radius 2 is 1.63 bits per heavy atom. The van der Waals surface area contributed by atoms with Crippen LogP contribution in [0.1, 0.15) is 62.3 Å². The first-order chi connectivity index (χ1) is 20.8. The zero-order valence-electron chi connectivity index (χ0n) is 25.0. The predicted molar refractivity (Wildman–Crippen MR) is 170 cm³/mol. The summed E-state index contributed by atoms with van der Waals surface area (Å²) in [6, 6.07) is 22.2. The highest BCUT2D eigenvalue weighted by atomic mass is 16.6. The minimum absolute atomic E-state index is 0.158. The molecule has 1 saturated carbocycles. The average molecular weight is 575 g/mol. The Bertz CT molecular complexity index is 1560. The Morgan fingerprint density at radius 3 is 2.30 bits per heavy atom. The first kappa shape index (κ1) is 28.6. The average Bonchev–Trinajstić information content (AvgIpc) is 2.99. The van der Waals surface area contributed by atoms with E-state index in [-0.39, 0.29) is 18.2 Å². The summed E-state index contributed by atoms with van der Waals surface area (Å²) in [6.45, 7) is 6.20. The van der Waals surface area contributed by atoms with Gasteiger partial charge in [-0.3, -0.25) is 15.0 Å². The molecule has 2 heterocycles. The highest BCUT2D eigenvalue weighted by molar-refractivity contribution is 6.54. The fraction of sp³-hybridized carbons (Fsp3) is 0.333. The summed E-state index contributed by atoms with van der Waals surface area (Å²) in [6.07, 6.45) is 13.0. The lowest BCUT2D eigenvalue weighted by Crippen LogP contribution is -2.52. The molecule has 2 atom stereocenters. The minimum Gasteiger partial charge on any atom is -0.495 e. The Balaban J connectivity index is 1.25. The summed E-state index contributed by atoms with van der Waals surface area (Å²) in [5.74, 6) is 0.827. The molecule has 7 heteroatoms. The van der Waals surface area contributed by atoms with E-state index >= 15 is 0 Å². The van der Waals surface area contributed by atoms with Crippen molar-refractivity contribution in [3.8, 4) is 0 Å². The molecular formula is C36H38N4O3. The van der Waals surface area contributed by atoms with Crippen molar-refractivity contribution in [1.29, 1.82) is 0 Å². The normalized spacial score (nSPS) is 20.5. The van der Waals surface area contributed by atoms with E-state index in [0.29, 0.717) is 6.61 Å². The van der Waals surface area contributed by atoms with Crippen molar-refractivity contribution in [3.05, 3.63) is 125 Å². The quantitative estimate of drug-likeness (QED) is 0.323. The molecule has 3 aliphatic rings. The Hall–Kier alpha value is -4.52. The molecule has 0 radical (unpaired) electrons. The van der Waals surface area contributed by atoms with Crippen LogP contribution in [0.25, 0.3) is 0 Å². The molecule has 1 amide bonds. The summed E-state index contributed by atoms with van der Waals surface area (Å²) < 4.78 is 11.9. The third-order valence-corrected chi connectivity index (χ3v) is 8.07. The number of allylic oxidation sites excluding steroid dienone is 2. The van der Waals surface area contributed by atoms with E-state index < -0.39 is 11.1 Å². The zero-order valence-corrected chi connectivity index (χ0v) is 25.0. The molecule has 0 bridgehead atoms. The molecule has 6 rings (SSSR count). The number of aliphatic imine (C=N–C) groups is 2. The third kappa shape index (κ3) is 6.46. The molecule has 3 aromatic rings. The maximum atomic E-state index is 12.7. The van der Waals surface area contributed by atoms with Crippen molar-refractivity contribution < 1.29 is 14.3 Å². The van der Waals surface area contributed by atoms with Crippen LogP contribution in [0.5, 0.6) is 0 Å². The monoisotopic (exact) mass is 574 g/mol. The fourth-order valence-corrected chi connectivity index (χ4v) is 5.75. The molecule has 0 saturated heterocycles. The lowest BCUT2D eigenvalue weighted by atomic mass is 9.71. The molecule has 2 unspecified atom stereocenters. The first-order valence-corrected chi connectivity index (χ1v) is 15.0. The maximum absolute atomic E-state index is 12.7. The Labute approximate surface area is 253 Å². The number of carbonyl (C=O) groups excluding carboxylic acids is 1. The van der Waals surface area contributed by atoms with E-state index in [2.05, 4.69) is 52.8 Å². The van der Waals surface area contributed by atoms with E-state index in [1.54, 1.807) is 12.4 Å². The van der Waals surface area contributed by atoms with Gasteiger partial charge in [-0.1, -0.05) is 66.7 Å². The number of ether oxygens (including phenoxy) is 2. The summed E-state index contributed by atoms with van der Waals surface area (Å²) in [5.41, 5.74) is 5.00. The highest BCUT2D eigenvalue weighted by Gasteiger charge is 2.41. The van der Waals surface area contributed by atoms with E-state index in [1.165, 1.54) is 5.56 Å². The van der Waals surface area contributed by atoms with E-state index in [4.69, 9.17) is 19.5 Å². The number of amides is 1.